The first-order valence-electron chi connectivity index (χ1n) is 4.97. The molecule has 1 heterocycles. The van der Waals surface area contributed by atoms with Gasteiger partial charge in [-0.15, -0.1) is 0 Å². The smallest absolute Gasteiger partial charge is 0.236 e. The van der Waals surface area contributed by atoms with Gasteiger partial charge in [-0.2, -0.15) is 13.2 Å². The number of aromatic nitrogens is 1. The maximum Gasteiger partial charge on any atom is 0.416 e. The summed E-state index contributed by atoms with van der Waals surface area (Å²) in [7, 11) is 0. The Morgan fingerprint density at radius 1 is 1.00 bits per heavy atom. The molecule has 1 nitrogen and oxygen atoms in total. The lowest BCUT2D eigenvalue weighted by Gasteiger charge is -2.10. The standard InChI is InChI=1S/C12H5Cl2F4N/c13-9-5-7(15)1-2-8(9)10-3-6(12(16,17)18)4-11(14)19-10/h1-5H. The van der Waals surface area contributed by atoms with Crippen LogP contribution in [0.4, 0.5) is 17.6 Å². The van der Waals surface area contributed by atoms with Crippen molar-refractivity contribution in [3.63, 3.8) is 0 Å². The molecule has 0 radical (unpaired) electrons. The molecule has 0 atom stereocenters. The molecule has 0 aliphatic rings. The molecule has 1 aromatic carbocycles. The van der Waals surface area contributed by atoms with Gasteiger partial charge >= 0.3 is 6.18 Å². The number of alkyl halides is 3. The van der Waals surface area contributed by atoms with Gasteiger partial charge < -0.3 is 0 Å². The average Bonchev–Trinajstić information content (AvgIpc) is 2.26. The summed E-state index contributed by atoms with van der Waals surface area (Å²) < 4.78 is 50.8. The highest BCUT2D eigenvalue weighted by molar-refractivity contribution is 6.33. The van der Waals surface area contributed by atoms with E-state index in [1.54, 1.807) is 0 Å². The molecule has 0 amide bonds. The highest BCUT2D eigenvalue weighted by Crippen LogP contribution is 2.35. The predicted molar refractivity (Wildman–Crippen MR) is 64.7 cm³/mol. The molecule has 0 N–H and O–H groups in total. The van der Waals surface area contributed by atoms with E-state index in [4.69, 9.17) is 23.2 Å². The van der Waals surface area contributed by atoms with Crippen LogP contribution in [-0.4, -0.2) is 4.98 Å². The number of halogens is 6. The summed E-state index contributed by atoms with van der Waals surface area (Å²) in [5.41, 5.74) is -0.830. The summed E-state index contributed by atoms with van der Waals surface area (Å²) in [4.78, 5) is 3.77. The number of rotatable bonds is 1. The summed E-state index contributed by atoms with van der Waals surface area (Å²) in [5.74, 6) is -0.591. The molecule has 2 rings (SSSR count). The zero-order valence-electron chi connectivity index (χ0n) is 9.10. The molecule has 0 spiro atoms. The maximum absolute atomic E-state index is 12.9. The third kappa shape index (κ3) is 3.16. The van der Waals surface area contributed by atoms with Crippen molar-refractivity contribution in [2.24, 2.45) is 0 Å². The van der Waals surface area contributed by atoms with Crippen molar-refractivity contribution in [1.82, 2.24) is 4.98 Å². The second-order valence-electron chi connectivity index (χ2n) is 3.69. The minimum Gasteiger partial charge on any atom is -0.236 e. The van der Waals surface area contributed by atoms with Gasteiger partial charge in [-0.3, -0.25) is 0 Å². The number of nitrogens with zero attached hydrogens (tertiary/aromatic N) is 1. The highest BCUT2D eigenvalue weighted by Gasteiger charge is 2.31. The SMILES string of the molecule is Fc1ccc(-c2cc(C(F)(F)F)cc(Cl)n2)c(Cl)c1. The largest absolute Gasteiger partial charge is 0.416 e. The van der Waals surface area contributed by atoms with Gasteiger partial charge in [0.1, 0.15) is 11.0 Å². The zero-order chi connectivity index (χ0) is 14.2. The van der Waals surface area contributed by atoms with Crippen molar-refractivity contribution in [3.8, 4) is 11.3 Å². The van der Waals surface area contributed by atoms with Crippen LogP contribution in [0.15, 0.2) is 30.3 Å². The van der Waals surface area contributed by atoms with Crippen LogP contribution in [0.1, 0.15) is 5.56 Å². The van der Waals surface area contributed by atoms with E-state index < -0.39 is 17.6 Å². The second-order valence-corrected chi connectivity index (χ2v) is 4.48. The van der Waals surface area contributed by atoms with E-state index >= 15 is 0 Å². The summed E-state index contributed by atoms with van der Waals surface area (Å²) in [6.45, 7) is 0. The molecule has 0 saturated carbocycles. The third-order valence-corrected chi connectivity index (χ3v) is 2.83. The Morgan fingerprint density at radius 2 is 1.68 bits per heavy atom. The Kier molecular flexibility index (Phi) is 3.69. The molecule has 0 aliphatic heterocycles. The summed E-state index contributed by atoms with van der Waals surface area (Å²) in [6.07, 6.45) is -4.55. The lowest BCUT2D eigenvalue weighted by atomic mass is 10.1. The normalized spacial score (nSPS) is 11.7. The molecule has 100 valence electrons. The van der Waals surface area contributed by atoms with Crippen LogP contribution in [0, 0.1) is 5.82 Å². The Balaban J connectivity index is 2.59. The second kappa shape index (κ2) is 4.98. The van der Waals surface area contributed by atoms with Crippen molar-refractivity contribution in [2.75, 3.05) is 0 Å². The molecule has 2 aromatic rings. The van der Waals surface area contributed by atoms with Crippen molar-refractivity contribution >= 4 is 23.2 Å². The quantitative estimate of drug-likeness (QED) is 0.520. The van der Waals surface area contributed by atoms with E-state index in [1.165, 1.54) is 6.07 Å². The molecule has 0 saturated heterocycles. The Hall–Kier alpha value is -1.33. The van der Waals surface area contributed by atoms with Crippen LogP contribution in [-0.2, 0) is 6.18 Å². The number of benzene rings is 1. The fourth-order valence-electron chi connectivity index (χ4n) is 1.50. The summed E-state index contributed by atoms with van der Waals surface area (Å²) in [5, 5.41) is -0.354. The van der Waals surface area contributed by atoms with Gasteiger partial charge in [0.15, 0.2) is 0 Å². The Bertz CT molecular complexity index is 626. The first kappa shape index (κ1) is 14.1. The van der Waals surface area contributed by atoms with Gasteiger partial charge in [-0.1, -0.05) is 23.2 Å². The van der Waals surface area contributed by atoms with E-state index in [9.17, 15) is 17.6 Å². The van der Waals surface area contributed by atoms with Gasteiger partial charge in [0.05, 0.1) is 16.3 Å². The van der Waals surface area contributed by atoms with Gasteiger partial charge in [0, 0.05) is 5.56 Å². The van der Waals surface area contributed by atoms with E-state index in [1.807, 2.05) is 0 Å². The van der Waals surface area contributed by atoms with Crippen molar-refractivity contribution in [1.29, 1.82) is 0 Å². The van der Waals surface area contributed by atoms with E-state index in [2.05, 4.69) is 4.98 Å². The van der Waals surface area contributed by atoms with Crippen LogP contribution in [0.3, 0.4) is 0 Å². The first-order valence-corrected chi connectivity index (χ1v) is 5.73. The lowest BCUT2D eigenvalue weighted by Crippen LogP contribution is -2.06. The fraction of sp³-hybridized carbons (Fsp3) is 0.0833. The maximum atomic E-state index is 12.9. The minimum absolute atomic E-state index is 0.0390. The molecular weight excluding hydrogens is 305 g/mol. The molecule has 7 heteroatoms. The van der Waals surface area contributed by atoms with Crippen molar-refractivity contribution in [3.05, 3.63) is 51.9 Å². The van der Waals surface area contributed by atoms with Crippen molar-refractivity contribution in [2.45, 2.75) is 6.18 Å². The zero-order valence-corrected chi connectivity index (χ0v) is 10.6. The molecule has 0 bridgehead atoms. The van der Waals surface area contributed by atoms with Crippen LogP contribution in [0.25, 0.3) is 11.3 Å². The van der Waals surface area contributed by atoms with E-state index in [0.29, 0.717) is 6.07 Å². The van der Waals surface area contributed by atoms with Gasteiger partial charge in [0.25, 0.3) is 0 Å². The molecule has 19 heavy (non-hydrogen) atoms. The number of hydrogen-bond acceptors (Lipinski definition) is 1. The molecule has 0 unspecified atom stereocenters. The minimum atomic E-state index is -4.55. The van der Waals surface area contributed by atoms with Gasteiger partial charge in [-0.05, 0) is 30.3 Å². The number of pyridine rings is 1. The van der Waals surface area contributed by atoms with Gasteiger partial charge in [0.2, 0.25) is 0 Å². The van der Waals surface area contributed by atoms with Crippen LogP contribution >= 0.6 is 23.2 Å². The fourth-order valence-corrected chi connectivity index (χ4v) is 1.97. The van der Waals surface area contributed by atoms with Crippen molar-refractivity contribution < 1.29 is 17.6 Å². The van der Waals surface area contributed by atoms with Crippen LogP contribution < -0.4 is 0 Å². The average molecular weight is 310 g/mol. The van der Waals surface area contributed by atoms with Gasteiger partial charge in [-0.25, -0.2) is 9.37 Å². The first-order chi connectivity index (χ1) is 8.77. The molecule has 0 fully saturated rings. The molecule has 0 aliphatic carbocycles. The number of hydrogen-bond donors (Lipinski definition) is 0. The Morgan fingerprint density at radius 3 is 2.26 bits per heavy atom. The highest BCUT2D eigenvalue weighted by atomic mass is 35.5. The van der Waals surface area contributed by atoms with Crippen LogP contribution in [0.2, 0.25) is 10.2 Å². The third-order valence-electron chi connectivity index (χ3n) is 2.33. The topological polar surface area (TPSA) is 12.9 Å². The monoisotopic (exact) mass is 309 g/mol. The van der Waals surface area contributed by atoms with E-state index in [0.717, 1.165) is 18.2 Å². The lowest BCUT2D eigenvalue weighted by molar-refractivity contribution is -0.137. The summed E-state index contributed by atoms with van der Waals surface area (Å²) >= 11 is 11.3. The molecular formula is C12H5Cl2F4N. The Labute approximate surface area is 115 Å². The summed E-state index contributed by atoms with van der Waals surface area (Å²) in [6, 6.07) is 4.84. The van der Waals surface area contributed by atoms with Crippen LogP contribution in [0.5, 0.6) is 0 Å². The predicted octanol–water partition coefficient (Wildman–Crippen LogP) is 5.21. The molecule has 1 aromatic heterocycles. The van der Waals surface area contributed by atoms with E-state index in [-0.39, 0.29) is 21.4 Å².